The van der Waals surface area contributed by atoms with Crippen molar-refractivity contribution in [2.45, 2.75) is 0 Å². The largest absolute Gasteiger partial charge is 0.455 e. The zero-order valence-corrected chi connectivity index (χ0v) is 29.7. The summed E-state index contributed by atoms with van der Waals surface area (Å²) in [5.74, 6) is 0. The van der Waals surface area contributed by atoms with E-state index in [0.717, 1.165) is 66.8 Å². The van der Waals surface area contributed by atoms with E-state index in [1.165, 1.54) is 30.9 Å². The van der Waals surface area contributed by atoms with E-state index >= 15 is 0 Å². The summed E-state index contributed by atoms with van der Waals surface area (Å²) >= 11 is 1.84. The average Bonchev–Trinajstić information content (AvgIpc) is 3.78. The molecule has 53 heavy (non-hydrogen) atoms. The fourth-order valence-electron chi connectivity index (χ4n) is 7.82. The lowest BCUT2D eigenvalue weighted by Gasteiger charge is -2.29. The van der Waals surface area contributed by atoms with Crippen LogP contribution >= 0.6 is 11.3 Å². The number of rotatable bonds is 7. The van der Waals surface area contributed by atoms with Gasteiger partial charge in [0, 0.05) is 43.1 Å². The molecule has 10 rings (SSSR count). The zero-order chi connectivity index (χ0) is 35.3. The smallest absolute Gasteiger partial charge is 0.143 e. The third-order valence-electron chi connectivity index (χ3n) is 10.2. The number of hydrogen-bond donors (Lipinski definition) is 0. The molecule has 8 aromatic carbocycles. The molecule has 0 atom stereocenters. The molecule has 0 spiro atoms. The van der Waals surface area contributed by atoms with Gasteiger partial charge in [-0.3, -0.25) is 0 Å². The van der Waals surface area contributed by atoms with Crippen LogP contribution in [0.15, 0.2) is 199 Å². The molecule has 10 aromatic rings. The molecular formula is C50H33NOS. The molecule has 0 bridgehead atoms. The second-order valence-electron chi connectivity index (χ2n) is 13.3. The Morgan fingerprint density at radius 1 is 0.528 bits per heavy atom. The van der Waals surface area contributed by atoms with Gasteiger partial charge in [0.15, 0.2) is 0 Å². The van der Waals surface area contributed by atoms with E-state index in [1.807, 2.05) is 17.4 Å². The lowest BCUT2D eigenvalue weighted by atomic mass is 9.96. The van der Waals surface area contributed by atoms with Crippen LogP contribution in [0.3, 0.4) is 0 Å². The first-order chi connectivity index (χ1) is 26.2. The first kappa shape index (κ1) is 31.1. The molecule has 2 heterocycles. The topological polar surface area (TPSA) is 16.4 Å². The fraction of sp³-hybridized carbons (Fsp3) is 0. The Morgan fingerprint density at radius 3 is 2.08 bits per heavy atom. The summed E-state index contributed by atoms with van der Waals surface area (Å²) in [5, 5.41) is 7.14. The molecule has 0 aliphatic carbocycles. The maximum atomic E-state index is 6.80. The Balaban J connectivity index is 1.24. The van der Waals surface area contributed by atoms with E-state index in [2.05, 4.69) is 193 Å². The number of anilines is 3. The number of para-hydroxylation sites is 2. The highest BCUT2D eigenvalue weighted by Gasteiger charge is 2.23. The van der Waals surface area contributed by atoms with Gasteiger partial charge in [-0.15, -0.1) is 11.3 Å². The Kier molecular flexibility index (Phi) is 7.52. The number of hydrogen-bond acceptors (Lipinski definition) is 3. The molecule has 0 fully saturated rings. The lowest BCUT2D eigenvalue weighted by molar-refractivity contribution is 0.670. The van der Waals surface area contributed by atoms with Gasteiger partial charge in [-0.05, 0) is 69.9 Å². The number of allylic oxidation sites excluding steroid dienone is 2. The van der Waals surface area contributed by atoms with Crippen molar-refractivity contribution in [2.75, 3.05) is 4.90 Å². The van der Waals surface area contributed by atoms with Gasteiger partial charge in [0.1, 0.15) is 11.2 Å². The Bertz CT molecular complexity index is 3040. The Morgan fingerprint density at radius 2 is 1.19 bits per heavy atom. The van der Waals surface area contributed by atoms with E-state index < -0.39 is 0 Å². The highest BCUT2D eigenvalue weighted by Crippen LogP contribution is 2.49. The minimum atomic E-state index is 0.888. The standard InChI is InChI=1S/C50H33NOS/c1-2-15-38(33-16-4-3-5-17-33)36-20-12-21-37(30-36)51(46-28-14-26-43-40-23-9-11-29-48(40)53-50(43)46)45-27-10-8-22-39(45)41-24-13-25-42-44-31-34-18-6-7-19-35(34)32-47(44)52-49(41)42/h2-32H,1H2/b38-15+. The molecular weight excluding hydrogens is 663 g/mol. The summed E-state index contributed by atoms with van der Waals surface area (Å²) in [7, 11) is 0. The quantitative estimate of drug-likeness (QED) is 0.154. The lowest BCUT2D eigenvalue weighted by Crippen LogP contribution is -2.11. The zero-order valence-electron chi connectivity index (χ0n) is 28.9. The molecule has 0 amide bonds. The minimum absolute atomic E-state index is 0.888. The number of benzene rings is 8. The molecule has 0 radical (unpaired) electrons. The molecule has 2 aromatic heterocycles. The molecule has 0 N–H and O–H groups in total. The van der Waals surface area contributed by atoms with Crippen LogP contribution in [-0.2, 0) is 0 Å². The van der Waals surface area contributed by atoms with Crippen LogP contribution in [0.25, 0.3) is 69.6 Å². The highest BCUT2D eigenvalue weighted by molar-refractivity contribution is 7.26. The summed E-state index contributed by atoms with van der Waals surface area (Å²) in [6, 6.07) is 63.0. The van der Waals surface area contributed by atoms with Crippen molar-refractivity contribution in [1.82, 2.24) is 0 Å². The predicted molar refractivity (Wildman–Crippen MR) is 228 cm³/mol. The van der Waals surface area contributed by atoms with E-state index in [-0.39, 0.29) is 0 Å². The van der Waals surface area contributed by atoms with Crippen LogP contribution in [0.1, 0.15) is 11.1 Å². The van der Waals surface area contributed by atoms with Gasteiger partial charge in [0.2, 0.25) is 0 Å². The van der Waals surface area contributed by atoms with E-state index in [1.54, 1.807) is 0 Å². The van der Waals surface area contributed by atoms with Crippen molar-refractivity contribution >= 4 is 86.9 Å². The third kappa shape index (κ3) is 5.25. The molecule has 0 aliphatic rings. The highest BCUT2D eigenvalue weighted by atomic mass is 32.1. The Labute approximate surface area is 311 Å². The first-order valence-corrected chi connectivity index (χ1v) is 18.7. The number of fused-ring (bicyclic) bond motifs is 7. The van der Waals surface area contributed by atoms with Crippen LogP contribution in [0.4, 0.5) is 17.1 Å². The van der Waals surface area contributed by atoms with E-state index in [0.29, 0.717) is 0 Å². The van der Waals surface area contributed by atoms with Crippen molar-refractivity contribution < 1.29 is 4.42 Å². The van der Waals surface area contributed by atoms with E-state index in [9.17, 15) is 0 Å². The normalized spacial score (nSPS) is 12.0. The average molecular weight is 696 g/mol. The van der Waals surface area contributed by atoms with Gasteiger partial charge in [-0.25, -0.2) is 0 Å². The fourth-order valence-corrected chi connectivity index (χ4v) is 9.02. The van der Waals surface area contributed by atoms with E-state index in [4.69, 9.17) is 4.42 Å². The van der Waals surface area contributed by atoms with Crippen molar-refractivity contribution in [2.24, 2.45) is 0 Å². The van der Waals surface area contributed by atoms with Gasteiger partial charge in [0.25, 0.3) is 0 Å². The third-order valence-corrected chi connectivity index (χ3v) is 11.4. The molecule has 2 nitrogen and oxygen atoms in total. The molecule has 0 saturated heterocycles. The second-order valence-corrected chi connectivity index (χ2v) is 14.4. The summed E-state index contributed by atoms with van der Waals surface area (Å²) in [6.07, 6.45) is 3.97. The van der Waals surface area contributed by atoms with Gasteiger partial charge < -0.3 is 9.32 Å². The van der Waals surface area contributed by atoms with Crippen molar-refractivity contribution in [3.05, 3.63) is 206 Å². The summed E-state index contributed by atoms with van der Waals surface area (Å²) < 4.78 is 9.31. The van der Waals surface area contributed by atoms with Crippen LogP contribution in [0, 0.1) is 0 Å². The second kappa shape index (κ2) is 12.8. The van der Waals surface area contributed by atoms with Gasteiger partial charge in [-0.2, -0.15) is 0 Å². The predicted octanol–water partition coefficient (Wildman–Crippen LogP) is 14.9. The first-order valence-electron chi connectivity index (χ1n) is 17.9. The maximum Gasteiger partial charge on any atom is 0.143 e. The van der Waals surface area contributed by atoms with Gasteiger partial charge in [0.05, 0.1) is 16.1 Å². The van der Waals surface area contributed by atoms with Crippen LogP contribution in [0.5, 0.6) is 0 Å². The molecule has 250 valence electrons. The van der Waals surface area contributed by atoms with Crippen LogP contribution in [-0.4, -0.2) is 0 Å². The number of nitrogens with zero attached hydrogens (tertiary/aromatic N) is 1. The van der Waals surface area contributed by atoms with Crippen molar-refractivity contribution in [1.29, 1.82) is 0 Å². The van der Waals surface area contributed by atoms with Crippen LogP contribution in [0.2, 0.25) is 0 Å². The van der Waals surface area contributed by atoms with Crippen molar-refractivity contribution in [3.8, 4) is 11.1 Å². The Hall–Kier alpha value is -6.68. The maximum absolute atomic E-state index is 6.80. The summed E-state index contributed by atoms with van der Waals surface area (Å²) in [6.45, 7) is 4.07. The number of thiophene rings is 1. The minimum Gasteiger partial charge on any atom is -0.455 e. The number of furan rings is 1. The van der Waals surface area contributed by atoms with Crippen LogP contribution < -0.4 is 4.90 Å². The summed E-state index contributed by atoms with van der Waals surface area (Å²) in [4.78, 5) is 2.43. The summed E-state index contributed by atoms with van der Waals surface area (Å²) in [5.41, 5.74) is 10.6. The molecule has 0 aliphatic heterocycles. The van der Waals surface area contributed by atoms with Gasteiger partial charge in [-0.1, -0.05) is 152 Å². The SMILES string of the molecule is C=C/C=C(\c1ccccc1)c1cccc(N(c2ccccc2-c2cccc3c2oc2cc4ccccc4cc23)c2cccc3c2sc2ccccc23)c1. The molecule has 3 heteroatoms. The van der Waals surface area contributed by atoms with Crippen molar-refractivity contribution in [3.63, 3.8) is 0 Å². The van der Waals surface area contributed by atoms with Gasteiger partial charge >= 0.3 is 0 Å². The monoisotopic (exact) mass is 695 g/mol. The molecule has 0 unspecified atom stereocenters. The molecule has 0 saturated carbocycles.